The molecule has 0 aliphatic carbocycles. The highest BCUT2D eigenvalue weighted by molar-refractivity contribution is 5.03. The Labute approximate surface area is 72.4 Å². The van der Waals surface area contributed by atoms with Gasteiger partial charge < -0.3 is 9.52 Å². The molecule has 0 radical (unpaired) electrons. The van der Waals surface area contributed by atoms with Crippen molar-refractivity contribution in [3.05, 3.63) is 17.8 Å². The summed E-state index contributed by atoms with van der Waals surface area (Å²) in [6.07, 6.45) is 0.999. The van der Waals surface area contributed by atoms with Gasteiger partial charge in [-0.05, 0) is 6.92 Å². The van der Waals surface area contributed by atoms with Gasteiger partial charge in [-0.15, -0.1) is 0 Å². The molecule has 68 valence electrons. The molecule has 3 heteroatoms. The van der Waals surface area contributed by atoms with Gasteiger partial charge >= 0.3 is 0 Å². The molecule has 1 rings (SSSR count). The zero-order valence-corrected chi connectivity index (χ0v) is 7.96. The fourth-order valence-corrected chi connectivity index (χ4v) is 0.826. The van der Waals surface area contributed by atoms with Gasteiger partial charge in [0.2, 0.25) is 0 Å². The van der Waals surface area contributed by atoms with E-state index in [1.807, 2.05) is 20.8 Å². The van der Waals surface area contributed by atoms with Gasteiger partial charge in [-0.2, -0.15) is 0 Å². The molecule has 1 heterocycles. The lowest BCUT2D eigenvalue weighted by atomic mass is 9.97. The van der Waals surface area contributed by atoms with Crippen LogP contribution in [0.5, 0.6) is 0 Å². The molecule has 3 nitrogen and oxygen atoms in total. The first-order valence-electron chi connectivity index (χ1n) is 4.05. The number of aromatic nitrogens is 1. The predicted octanol–water partition coefficient (Wildman–Crippen LogP) is 2.03. The number of hydrogen-bond acceptors (Lipinski definition) is 3. The highest BCUT2D eigenvalue weighted by Crippen LogP contribution is 2.23. The van der Waals surface area contributed by atoms with Crippen molar-refractivity contribution in [1.82, 2.24) is 4.98 Å². The standard InChI is InChI=1S/C9H15NO2/c1-6(11)7-5-10-8(12-7)9(2,3)4/h5-6,11H,1-4H3. The second kappa shape index (κ2) is 2.90. The van der Waals surface area contributed by atoms with Gasteiger partial charge in [0, 0.05) is 5.41 Å². The van der Waals surface area contributed by atoms with Crippen molar-refractivity contribution < 1.29 is 9.52 Å². The van der Waals surface area contributed by atoms with Crippen molar-refractivity contribution >= 4 is 0 Å². The third-order valence-corrected chi connectivity index (χ3v) is 1.58. The lowest BCUT2D eigenvalue weighted by molar-refractivity contribution is 0.164. The quantitative estimate of drug-likeness (QED) is 0.699. The number of aliphatic hydroxyl groups excluding tert-OH is 1. The lowest BCUT2D eigenvalue weighted by Gasteiger charge is -2.12. The van der Waals surface area contributed by atoms with Crippen molar-refractivity contribution in [1.29, 1.82) is 0 Å². The molecule has 0 saturated heterocycles. The summed E-state index contributed by atoms with van der Waals surface area (Å²) in [4.78, 5) is 4.08. The van der Waals surface area contributed by atoms with E-state index < -0.39 is 6.10 Å². The Balaban J connectivity index is 2.92. The highest BCUT2D eigenvalue weighted by Gasteiger charge is 2.20. The maximum absolute atomic E-state index is 9.17. The Hall–Kier alpha value is -0.830. The van der Waals surface area contributed by atoms with Gasteiger partial charge in [-0.25, -0.2) is 4.98 Å². The Morgan fingerprint density at radius 2 is 2.08 bits per heavy atom. The molecule has 0 bridgehead atoms. The number of rotatable bonds is 1. The summed E-state index contributed by atoms with van der Waals surface area (Å²) in [7, 11) is 0. The van der Waals surface area contributed by atoms with E-state index in [2.05, 4.69) is 4.98 Å². The second-order valence-electron chi connectivity index (χ2n) is 3.99. The molecular weight excluding hydrogens is 154 g/mol. The Kier molecular flexibility index (Phi) is 2.24. The van der Waals surface area contributed by atoms with Crippen LogP contribution in [0.4, 0.5) is 0 Å². The topological polar surface area (TPSA) is 46.3 Å². The lowest BCUT2D eigenvalue weighted by Crippen LogP contribution is -2.11. The molecule has 0 aromatic carbocycles. The van der Waals surface area contributed by atoms with Crippen molar-refractivity contribution in [2.45, 2.75) is 39.2 Å². The summed E-state index contributed by atoms with van der Waals surface area (Å²) in [5, 5.41) is 9.17. The van der Waals surface area contributed by atoms with Gasteiger partial charge in [-0.1, -0.05) is 20.8 Å². The Morgan fingerprint density at radius 1 is 1.50 bits per heavy atom. The second-order valence-corrected chi connectivity index (χ2v) is 3.99. The summed E-state index contributed by atoms with van der Waals surface area (Å²) in [6.45, 7) is 7.72. The van der Waals surface area contributed by atoms with E-state index in [4.69, 9.17) is 9.52 Å². The van der Waals surface area contributed by atoms with Crippen LogP contribution in [0.1, 0.15) is 45.4 Å². The predicted molar refractivity (Wildman–Crippen MR) is 45.8 cm³/mol. The minimum Gasteiger partial charge on any atom is -0.442 e. The third kappa shape index (κ3) is 1.85. The van der Waals surface area contributed by atoms with Crippen LogP contribution >= 0.6 is 0 Å². The van der Waals surface area contributed by atoms with E-state index in [9.17, 15) is 0 Å². The molecule has 12 heavy (non-hydrogen) atoms. The first-order chi connectivity index (χ1) is 5.41. The van der Waals surface area contributed by atoms with Crippen molar-refractivity contribution in [3.63, 3.8) is 0 Å². The molecule has 1 aromatic rings. The zero-order valence-electron chi connectivity index (χ0n) is 7.96. The average molecular weight is 169 g/mol. The van der Waals surface area contributed by atoms with Gasteiger partial charge in [0.1, 0.15) is 6.10 Å². The van der Waals surface area contributed by atoms with Crippen molar-refractivity contribution in [2.24, 2.45) is 0 Å². The fraction of sp³-hybridized carbons (Fsp3) is 0.667. The van der Waals surface area contributed by atoms with Crippen LogP contribution in [0.3, 0.4) is 0 Å². The molecule has 1 aromatic heterocycles. The molecular formula is C9H15NO2. The highest BCUT2D eigenvalue weighted by atomic mass is 16.4. The van der Waals surface area contributed by atoms with Gasteiger partial charge in [0.25, 0.3) is 0 Å². The fourth-order valence-electron chi connectivity index (χ4n) is 0.826. The molecule has 0 aliphatic heterocycles. The molecule has 1 unspecified atom stereocenters. The van der Waals surface area contributed by atoms with E-state index in [0.717, 1.165) is 0 Å². The van der Waals surface area contributed by atoms with Gasteiger partial charge in [0.05, 0.1) is 6.20 Å². The molecule has 1 N–H and O–H groups in total. The average Bonchev–Trinajstić information content (AvgIpc) is 2.30. The van der Waals surface area contributed by atoms with E-state index in [1.165, 1.54) is 0 Å². The maximum Gasteiger partial charge on any atom is 0.199 e. The first-order valence-corrected chi connectivity index (χ1v) is 4.05. The molecule has 0 saturated carbocycles. The number of hydrogen-bond donors (Lipinski definition) is 1. The maximum atomic E-state index is 9.17. The van der Waals surface area contributed by atoms with Crippen LogP contribution in [-0.4, -0.2) is 10.1 Å². The van der Waals surface area contributed by atoms with Crippen LogP contribution < -0.4 is 0 Å². The summed E-state index contributed by atoms with van der Waals surface area (Å²) in [6, 6.07) is 0. The minimum atomic E-state index is -0.575. The summed E-state index contributed by atoms with van der Waals surface area (Å²) < 4.78 is 5.35. The molecule has 0 aliphatic rings. The van der Waals surface area contributed by atoms with Gasteiger partial charge in [-0.3, -0.25) is 0 Å². The Bertz CT molecular complexity index is 258. The van der Waals surface area contributed by atoms with Crippen LogP contribution in [0.25, 0.3) is 0 Å². The summed E-state index contributed by atoms with van der Waals surface area (Å²) in [5.41, 5.74) is -0.0901. The summed E-state index contributed by atoms with van der Waals surface area (Å²) in [5.74, 6) is 1.19. The van der Waals surface area contributed by atoms with E-state index in [1.54, 1.807) is 13.1 Å². The SMILES string of the molecule is CC(O)c1cnc(C(C)(C)C)o1. The minimum absolute atomic E-state index is 0.0901. The van der Waals surface area contributed by atoms with Crippen LogP contribution in [-0.2, 0) is 5.41 Å². The van der Waals surface area contributed by atoms with Crippen LogP contribution in [0.2, 0.25) is 0 Å². The number of aliphatic hydroxyl groups is 1. The molecule has 0 spiro atoms. The van der Waals surface area contributed by atoms with E-state index >= 15 is 0 Å². The molecule has 1 atom stereocenters. The zero-order chi connectivity index (χ0) is 9.35. The van der Waals surface area contributed by atoms with Crippen molar-refractivity contribution in [3.8, 4) is 0 Å². The van der Waals surface area contributed by atoms with Gasteiger partial charge in [0.15, 0.2) is 11.7 Å². The van der Waals surface area contributed by atoms with Crippen LogP contribution in [0.15, 0.2) is 10.6 Å². The van der Waals surface area contributed by atoms with E-state index in [0.29, 0.717) is 11.7 Å². The normalized spacial score (nSPS) is 14.8. The largest absolute Gasteiger partial charge is 0.442 e. The number of oxazole rings is 1. The van der Waals surface area contributed by atoms with E-state index in [-0.39, 0.29) is 5.41 Å². The summed E-state index contributed by atoms with van der Waals surface area (Å²) >= 11 is 0. The molecule has 0 fully saturated rings. The van der Waals surface area contributed by atoms with Crippen LogP contribution in [0, 0.1) is 0 Å². The smallest absolute Gasteiger partial charge is 0.199 e. The molecule has 0 amide bonds. The third-order valence-electron chi connectivity index (χ3n) is 1.58. The van der Waals surface area contributed by atoms with Crippen molar-refractivity contribution in [2.75, 3.05) is 0 Å². The first kappa shape index (κ1) is 9.26. The Morgan fingerprint density at radius 3 is 2.33 bits per heavy atom. The number of nitrogens with zero attached hydrogens (tertiary/aromatic N) is 1. The monoisotopic (exact) mass is 169 g/mol.